The van der Waals surface area contributed by atoms with E-state index in [1.54, 1.807) is 0 Å². The van der Waals surface area contributed by atoms with E-state index < -0.39 is 51.5 Å². The van der Waals surface area contributed by atoms with Gasteiger partial charge in [-0.25, -0.2) is 22.4 Å². The van der Waals surface area contributed by atoms with Crippen LogP contribution in [0.3, 0.4) is 0 Å². The quantitative estimate of drug-likeness (QED) is 0.411. The van der Waals surface area contributed by atoms with Gasteiger partial charge in [-0.05, 0) is 0 Å². The highest BCUT2D eigenvalue weighted by atomic mass is 19.2. The number of halogens is 6. The van der Waals surface area contributed by atoms with Crippen molar-refractivity contribution >= 4 is 10.8 Å². The Morgan fingerprint density at radius 2 is 1.12 bits per heavy atom. The second kappa shape index (κ2) is 3.51. The molecule has 90 valence electrons. The fourth-order valence-corrected chi connectivity index (χ4v) is 1.30. The van der Waals surface area contributed by atoms with E-state index in [2.05, 4.69) is 4.42 Å². The Hall–Kier alpha value is -1.99. The molecule has 17 heavy (non-hydrogen) atoms. The van der Waals surface area contributed by atoms with E-state index in [-0.39, 0.29) is 0 Å². The third-order valence-corrected chi connectivity index (χ3v) is 2.05. The zero-order valence-corrected chi connectivity index (χ0v) is 7.58. The topological polar surface area (TPSA) is 30.2 Å². The lowest BCUT2D eigenvalue weighted by Crippen LogP contribution is -2.11. The molecule has 0 radical (unpaired) electrons. The largest absolute Gasteiger partial charge is 0.393 e. The summed E-state index contributed by atoms with van der Waals surface area (Å²) in [7, 11) is 0. The maximum atomic E-state index is 13.1. The van der Waals surface area contributed by atoms with Gasteiger partial charge >= 0.3 is 11.6 Å². The van der Waals surface area contributed by atoms with E-state index in [9.17, 15) is 31.1 Å². The highest BCUT2D eigenvalue weighted by molar-refractivity contribution is 5.83. The summed E-state index contributed by atoms with van der Waals surface area (Å²) in [6.07, 6.45) is 0. The zero-order valence-electron chi connectivity index (χ0n) is 7.58. The highest BCUT2D eigenvalue weighted by Gasteiger charge is 2.27. The van der Waals surface area contributed by atoms with E-state index >= 15 is 0 Å². The molecule has 8 heteroatoms. The summed E-state index contributed by atoms with van der Waals surface area (Å²) >= 11 is 0. The van der Waals surface area contributed by atoms with Crippen LogP contribution in [0.15, 0.2) is 9.21 Å². The summed E-state index contributed by atoms with van der Waals surface area (Å²) in [4.78, 5) is 10.9. The summed E-state index contributed by atoms with van der Waals surface area (Å²) < 4.78 is 80.9. The van der Waals surface area contributed by atoms with Crippen LogP contribution in [0.1, 0.15) is 0 Å². The Morgan fingerprint density at radius 3 is 1.65 bits per heavy atom. The van der Waals surface area contributed by atoms with Crippen molar-refractivity contribution in [1.29, 1.82) is 0 Å². The van der Waals surface area contributed by atoms with Gasteiger partial charge in [0, 0.05) is 0 Å². The van der Waals surface area contributed by atoms with Gasteiger partial charge in [0.15, 0.2) is 23.3 Å². The lowest BCUT2D eigenvalue weighted by atomic mass is 10.1. The lowest BCUT2D eigenvalue weighted by molar-refractivity contribution is 0.291. The Kier molecular flexibility index (Phi) is 2.37. The fourth-order valence-electron chi connectivity index (χ4n) is 1.30. The lowest BCUT2D eigenvalue weighted by Gasteiger charge is -2.04. The van der Waals surface area contributed by atoms with Crippen molar-refractivity contribution in [2.75, 3.05) is 0 Å². The molecule has 0 N–H and O–H groups in total. The van der Waals surface area contributed by atoms with Gasteiger partial charge in [-0.2, -0.15) is 8.78 Å². The highest BCUT2D eigenvalue weighted by Crippen LogP contribution is 2.27. The molecule has 0 saturated heterocycles. The molecule has 0 aliphatic rings. The van der Waals surface area contributed by atoms with E-state index in [4.69, 9.17) is 0 Å². The van der Waals surface area contributed by atoms with Crippen molar-refractivity contribution in [2.24, 2.45) is 0 Å². The third-order valence-electron chi connectivity index (χ3n) is 2.05. The van der Waals surface area contributed by atoms with E-state index in [0.717, 1.165) is 0 Å². The number of rotatable bonds is 0. The smallest absolute Gasteiger partial charge is 0.349 e. The van der Waals surface area contributed by atoms with Gasteiger partial charge in [0.25, 0.3) is 0 Å². The van der Waals surface area contributed by atoms with Gasteiger partial charge in [-0.15, -0.1) is 0 Å². The molecule has 0 unspecified atom stereocenters. The summed E-state index contributed by atoms with van der Waals surface area (Å²) in [5.41, 5.74) is -1.85. The predicted molar refractivity (Wildman–Crippen MR) is 42.2 cm³/mol. The van der Waals surface area contributed by atoms with Crippen LogP contribution in [-0.4, -0.2) is 0 Å². The van der Waals surface area contributed by atoms with Crippen LogP contribution in [0.5, 0.6) is 0 Å². The molecule has 0 aliphatic heterocycles. The van der Waals surface area contributed by atoms with Crippen molar-refractivity contribution in [2.45, 2.75) is 0 Å². The molecule has 1 aromatic carbocycles. The molecular formula is C9F6O2. The molecule has 0 fully saturated rings. The zero-order chi connectivity index (χ0) is 12.9. The van der Waals surface area contributed by atoms with Gasteiger partial charge in [-0.1, -0.05) is 0 Å². The van der Waals surface area contributed by atoms with Crippen molar-refractivity contribution < 1.29 is 30.8 Å². The fraction of sp³-hybridized carbons (Fsp3) is 0. The molecule has 2 aromatic rings. The average molecular weight is 254 g/mol. The van der Waals surface area contributed by atoms with E-state index in [0.29, 0.717) is 0 Å². The van der Waals surface area contributed by atoms with Crippen LogP contribution in [-0.2, 0) is 0 Å². The first kappa shape index (κ1) is 11.5. The summed E-state index contributed by atoms with van der Waals surface area (Å²) in [5, 5.41) is -3.16. The SMILES string of the molecule is O=c1oc(F)c(F)c2c(F)c(F)c(F)c(F)c12. The van der Waals surface area contributed by atoms with Crippen LogP contribution >= 0.6 is 0 Å². The molecule has 0 spiro atoms. The Morgan fingerprint density at radius 1 is 0.647 bits per heavy atom. The molecule has 1 heterocycles. The Labute approximate surface area is 88.1 Å². The van der Waals surface area contributed by atoms with Crippen molar-refractivity contribution in [3.8, 4) is 0 Å². The summed E-state index contributed by atoms with van der Waals surface area (Å²) in [6.45, 7) is 0. The maximum absolute atomic E-state index is 13.1. The number of benzene rings is 1. The molecule has 0 bridgehead atoms. The van der Waals surface area contributed by atoms with Gasteiger partial charge in [0.1, 0.15) is 5.39 Å². The van der Waals surface area contributed by atoms with Gasteiger partial charge in [-0.3, -0.25) is 0 Å². The molecule has 0 atom stereocenters. The number of fused-ring (bicyclic) bond motifs is 1. The third kappa shape index (κ3) is 1.40. The predicted octanol–water partition coefficient (Wildman–Crippen LogP) is 2.63. The first-order valence-corrected chi connectivity index (χ1v) is 4.00. The standard InChI is InChI=1S/C9F6O2/c10-3-1-2(4(11)7(14)6(3)13)9(16)17-8(15)5(1)12. The van der Waals surface area contributed by atoms with Gasteiger partial charge in [0.05, 0.1) is 5.39 Å². The van der Waals surface area contributed by atoms with Crippen LogP contribution in [0, 0.1) is 35.1 Å². The first-order valence-electron chi connectivity index (χ1n) is 4.00. The first-order chi connectivity index (χ1) is 7.86. The minimum Gasteiger partial charge on any atom is -0.393 e. The number of hydrogen-bond acceptors (Lipinski definition) is 2. The normalized spacial score (nSPS) is 11.2. The monoisotopic (exact) mass is 254 g/mol. The average Bonchev–Trinajstić information content (AvgIpc) is 2.28. The summed E-state index contributed by atoms with van der Waals surface area (Å²) in [5.74, 6) is -11.1. The van der Waals surface area contributed by atoms with Crippen LogP contribution in [0.25, 0.3) is 10.8 Å². The summed E-state index contributed by atoms with van der Waals surface area (Å²) in [6, 6.07) is -2.15. The molecular weight excluding hydrogens is 254 g/mol. The van der Waals surface area contributed by atoms with Crippen LogP contribution in [0.4, 0.5) is 26.3 Å². The second-order valence-corrected chi connectivity index (χ2v) is 2.98. The molecule has 2 rings (SSSR count). The van der Waals surface area contributed by atoms with Gasteiger partial charge < -0.3 is 4.42 Å². The maximum Gasteiger partial charge on any atom is 0.349 e. The van der Waals surface area contributed by atoms with E-state index in [1.807, 2.05) is 0 Å². The van der Waals surface area contributed by atoms with E-state index in [1.165, 1.54) is 0 Å². The minimum atomic E-state index is -2.35. The molecule has 0 saturated carbocycles. The molecule has 0 amide bonds. The molecule has 2 nitrogen and oxygen atoms in total. The number of hydrogen-bond donors (Lipinski definition) is 0. The van der Waals surface area contributed by atoms with Gasteiger partial charge in [0.2, 0.25) is 5.82 Å². The van der Waals surface area contributed by atoms with Crippen molar-refractivity contribution in [1.82, 2.24) is 0 Å². The Balaban J connectivity index is 3.23. The van der Waals surface area contributed by atoms with Crippen molar-refractivity contribution in [3.63, 3.8) is 0 Å². The van der Waals surface area contributed by atoms with Crippen LogP contribution < -0.4 is 5.63 Å². The minimum absolute atomic E-state index is 1.53. The Bertz CT molecular complexity index is 690. The molecule has 1 aromatic heterocycles. The van der Waals surface area contributed by atoms with Crippen molar-refractivity contribution in [3.05, 3.63) is 45.5 Å². The van der Waals surface area contributed by atoms with Crippen LogP contribution in [0.2, 0.25) is 0 Å². The molecule has 0 aliphatic carbocycles. The second-order valence-electron chi connectivity index (χ2n) is 2.98.